The SMILES string of the molecule is CCCC(CC)NC1CCCC1(C)CO. The van der Waals surface area contributed by atoms with E-state index < -0.39 is 0 Å². The van der Waals surface area contributed by atoms with Crippen LogP contribution in [0.2, 0.25) is 0 Å². The maximum atomic E-state index is 9.47. The summed E-state index contributed by atoms with van der Waals surface area (Å²) < 4.78 is 0. The molecule has 3 unspecified atom stereocenters. The molecule has 0 amide bonds. The van der Waals surface area contributed by atoms with Crippen molar-refractivity contribution in [3.8, 4) is 0 Å². The van der Waals surface area contributed by atoms with E-state index in [2.05, 4.69) is 26.1 Å². The highest BCUT2D eigenvalue weighted by Gasteiger charge is 2.38. The lowest BCUT2D eigenvalue weighted by Gasteiger charge is -2.33. The van der Waals surface area contributed by atoms with Gasteiger partial charge in [0.1, 0.15) is 0 Å². The number of hydrogen-bond donors (Lipinski definition) is 2. The minimum absolute atomic E-state index is 0.126. The molecule has 3 atom stereocenters. The standard InChI is InChI=1S/C13H27NO/c1-4-7-11(5-2)14-12-8-6-9-13(12,3)10-15/h11-12,14-15H,4-10H2,1-3H3. The highest BCUT2D eigenvalue weighted by atomic mass is 16.3. The molecule has 2 N–H and O–H groups in total. The topological polar surface area (TPSA) is 32.3 Å². The molecule has 1 fully saturated rings. The first-order valence-electron chi connectivity index (χ1n) is 6.53. The van der Waals surface area contributed by atoms with E-state index in [9.17, 15) is 5.11 Å². The van der Waals surface area contributed by atoms with Gasteiger partial charge in [0.05, 0.1) is 0 Å². The Morgan fingerprint density at radius 1 is 1.47 bits per heavy atom. The highest BCUT2D eigenvalue weighted by Crippen LogP contribution is 2.37. The van der Waals surface area contributed by atoms with Gasteiger partial charge in [-0.2, -0.15) is 0 Å². The van der Waals surface area contributed by atoms with Crippen molar-refractivity contribution in [2.24, 2.45) is 5.41 Å². The lowest BCUT2D eigenvalue weighted by Crippen LogP contribution is -2.46. The van der Waals surface area contributed by atoms with Crippen LogP contribution in [0, 0.1) is 5.41 Å². The molecule has 0 saturated heterocycles. The number of aliphatic hydroxyl groups excluding tert-OH is 1. The van der Waals surface area contributed by atoms with Gasteiger partial charge in [0.25, 0.3) is 0 Å². The van der Waals surface area contributed by atoms with E-state index in [1.165, 1.54) is 38.5 Å². The van der Waals surface area contributed by atoms with Crippen molar-refractivity contribution in [1.82, 2.24) is 5.32 Å². The van der Waals surface area contributed by atoms with Gasteiger partial charge in [0, 0.05) is 24.1 Å². The molecule has 0 radical (unpaired) electrons. The lowest BCUT2D eigenvalue weighted by molar-refractivity contribution is 0.112. The monoisotopic (exact) mass is 213 g/mol. The van der Waals surface area contributed by atoms with Crippen molar-refractivity contribution in [2.75, 3.05) is 6.61 Å². The highest BCUT2D eigenvalue weighted by molar-refractivity contribution is 4.94. The summed E-state index contributed by atoms with van der Waals surface area (Å²) >= 11 is 0. The first-order valence-corrected chi connectivity index (χ1v) is 6.53. The van der Waals surface area contributed by atoms with Crippen molar-refractivity contribution in [3.05, 3.63) is 0 Å². The minimum atomic E-state index is 0.126. The summed E-state index contributed by atoms with van der Waals surface area (Å²) in [6.07, 6.45) is 7.37. The van der Waals surface area contributed by atoms with Crippen LogP contribution in [0.3, 0.4) is 0 Å². The fourth-order valence-corrected chi connectivity index (χ4v) is 2.74. The van der Waals surface area contributed by atoms with Crippen LogP contribution in [0.15, 0.2) is 0 Å². The van der Waals surface area contributed by atoms with Crippen molar-refractivity contribution in [1.29, 1.82) is 0 Å². The van der Waals surface area contributed by atoms with Crippen LogP contribution in [0.5, 0.6) is 0 Å². The maximum absolute atomic E-state index is 9.47. The van der Waals surface area contributed by atoms with E-state index in [1.54, 1.807) is 0 Å². The molecule has 2 nitrogen and oxygen atoms in total. The first-order chi connectivity index (χ1) is 7.16. The number of nitrogens with one attached hydrogen (secondary N) is 1. The largest absolute Gasteiger partial charge is 0.396 e. The van der Waals surface area contributed by atoms with Gasteiger partial charge in [-0.25, -0.2) is 0 Å². The smallest absolute Gasteiger partial charge is 0.0499 e. The molecule has 2 heteroatoms. The quantitative estimate of drug-likeness (QED) is 0.711. The Labute approximate surface area is 94.5 Å². The van der Waals surface area contributed by atoms with E-state index in [1.807, 2.05) is 0 Å². The molecule has 0 aromatic rings. The van der Waals surface area contributed by atoms with Crippen molar-refractivity contribution in [3.63, 3.8) is 0 Å². The fraction of sp³-hybridized carbons (Fsp3) is 1.00. The van der Waals surface area contributed by atoms with Gasteiger partial charge in [-0.05, 0) is 25.7 Å². The summed E-state index contributed by atoms with van der Waals surface area (Å²) in [5, 5.41) is 13.2. The predicted octanol–water partition coefficient (Wildman–Crippen LogP) is 2.71. The molecular weight excluding hydrogens is 186 g/mol. The van der Waals surface area contributed by atoms with Crippen molar-refractivity contribution >= 4 is 0 Å². The van der Waals surface area contributed by atoms with Crippen molar-refractivity contribution in [2.45, 2.75) is 71.4 Å². The van der Waals surface area contributed by atoms with Gasteiger partial charge in [-0.15, -0.1) is 0 Å². The molecule has 0 aliphatic heterocycles. The molecule has 0 heterocycles. The van der Waals surface area contributed by atoms with E-state index in [0.29, 0.717) is 18.7 Å². The second-order valence-corrected chi connectivity index (χ2v) is 5.32. The zero-order valence-corrected chi connectivity index (χ0v) is 10.6. The van der Waals surface area contributed by atoms with Crippen LogP contribution in [0.1, 0.15) is 59.3 Å². The Kier molecular flexibility index (Phi) is 5.07. The van der Waals surface area contributed by atoms with Crippen LogP contribution in [-0.4, -0.2) is 23.8 Å². The van der Waals surface area contributed by atoms with Gasteiger partial charge in [0.2, 0.25) is 0 Å². The summed E-state index contributed by atoms with van der Waals surface area (Å²) in [5.74, 6) is 0. The molecule has 15 heavy (non-hydrogen) atoms. The average Bonchev–Trinajstić information content (AvgIpc) is 2.60. The number of hydrogen-bond acceptors (Lipinski definition) is 2. The third kappa shape index (κ3) is 3.18. The van der Waals surface area contributed by atoms with E-state index >= 15 is 0 Å². The van der Waals surface area contributed by atoms with Gasteiger partial charge < -0.3 is 10.4 Å². The van der Waals surface area contributed by atoms with E-state index in [-0.39, 0.29) is 5.41 Å². The van der Waals surface area contributed by atoms with Gasteiger partial charge in [-0.1, -0.05) is 33.6 Å². The zero-order valence-electron chi connectivity index (χ0n) is 10.6. The Hall–Kier alpha value is -0.0800. The van der Waals surface area contributed by atoms with E-state index in [4.69, 9.17) is 0 Å². The lowest BCUT2D eigenvalue weighted by atomic mass is 9.85. The molecular formula is C13H27NO. The van der Waals surface area contributed by atoms with Gasteiger partial charge in [-0.3, -0.25) is 0 Å². The summed E-state index contributed by atoms with van der Waals surface area (Å²) in [6, 6.07) is 1.17. The second-order valence-electron chi connectivity index (χ2n) is 5.32. The molecule has 0 spiro atoms. The molecule has 0 aromatic carbocycles. The van der Waals surface area contributed by atoms with Crippen LogP contribution in [-0.2, 0) is 0 Å². The third-order valence-corrected chi connectivity index (χ3v) is 4.01. The zero-order chi connectivity index (χ0) is 11.3. The molecule has 1 aliphatic carbocycles. The molecule has 0 aromatic heterocycles. The molecule has 0 bridgehead atoms. The fourth-order valence-electron chi connectivity index (χ4n) is 2.74. The number of aliphatic hydroxyl groups is 1. The molecule has 90 valence electrons. The van der Waals surface area contributed by atoms with Crippen molar-refractivity contribution < 1.29 is 5.11 Å². The Bertz CT molecular complexity index is 183. The third-order valence-electron chi connectivity index (χ3n) is 4.01. The summed E-state index contributed by atoms with van der Waals surface area (Å²) in [4.78, 5) is 0. The minimum Gasteiger partial charge on any atom is -0.396 e. The Morgan fingerprint density at radius 2 is 2.20 bits per heavy atom. The van der Waals surface area contributed by atoms with Crippen LogP contribution in [0.25, 0.3) is 0 Å². The summed E-state index contributed by atoms with van der Waals surface area (Å²) in [7, 11) is 0. The molecule has 1 aliphatic rings. The molecule has 1 rings (SSSR count). The second kappa shape index (κ2) is 5.86. The predicted molar refractivity (Wildman–Crippen MR) is 65.0 cm³/mol. The van der Waals surface area contributed by atoms with E-state index in [0.717, 1.165) is 0 Å². The maximum Gasteiger partial charge on any atom is 0.0499 e. The van der Waals surface area contributed by atoms with Crippen LogP contribution >= 0.6 is 0 Å². The number of rotatable bonds is 6. The summed E-state index contributed by atoms with van der Waals surface area (Å²) in [6.45, 7) is 7.03. The first kappa shape index (κ1) is 13.0. The van der Waals surface area contributed by atoms with Gasteiger partial charge >= 0.3 is 0 Å². The average molecular weight is 213 g/mol. The molecule has 1 saturated carbocycles. The Balaban J connectivity index is 2.48. The van der Waals surface area contributed by atoms with Gasteiger partial charge in [0.15, 0.2) is 0 Å². The normalized spacial score (nSPS) is 33.2. The van der Waals surface area contributed by atoms with Crippen LogP contribution in [0.4, 0.5) is 0 Å². The summed E-state index contributed by atoms with van der Waals surface area (Å²) in [5.41, 5.74) is 0.126. The van der Waals surface area contributed by atoms with Crippen LogP contribution < -0.4 is 5.32 Å². The Morgan fingerprint density at radius 3 is 2.73 bits per heavy atom.